The summed E-state index contributed by atoms with van der Waals surface area (Å²) in [5.74, 6) is 0.594. The van der Waals surface area contributed by atoms with Crippen LogP contribution in [0.5, 0.6) is 0 Å². The summed E-state index contributed by atoms with van der Waals surface area (Å²) in [6, 6.07) is -0.609. The molecule has 0 spiro atoms. The molecular weight excluding hydrogens is 374 g/mol. The summed E-state index contributed by atoms with van der Waals surface area (Å²) >= 11 is 0. The number of ether oxygens (including phenoxy) is 1. The van der Waals surface area contributed by atoms with Gasteiger partial charge in [-0.05, 0) is 76.5 Å². The molecule has 0 aromatic carbocycles. The molecule has 4 aliphatic carbocycles. The maximum atomic E-state index is 12.7. The Morgan fingerprint density at radius 1 is 1.17 bits per heavy atom. The van der Waals surface area contributed by atoms with Gasteiger partial charge in [0.2, 0.25) is 0 Å². The van der Waals surface area contributed by atoms with Crippen molar-refractivity contribution in [3.63, 3.8) is 0 Å². The standard InChI is InChI=1S/C21H31N3O5/c1-4-20(3)18(27)24(19(28)23-20)11-16(25)29-12(2)17(26)22-21-8-13-5-14(9-21)7-15(6-13)10-21/h12-15H,4-11H2,1-3H3,(H,22,26)(H,23,28)/t12-,13?,14?,15?,20-,21?/m0/s1. The summed E-state index contributed by atoms with van der Waals surface area (Å²) in [6.07, 6.45) is 6.35. The van der Waals surface area contributed by atoms with Crippen LogP contribution in [0.1, 0.15) is 65.7 Å². The fraction of sp³-hybridized carbons (Fsp3) is 0.810. The Kier molecular flexibility index (Phi) is 4.86. The Labute approximate surface area is 171 Å². The van der Waals surface area contributed by atoms with E-state index in [2.05, 4.69) is 10.6 Å². The lowest BCUT2D eigenvalue weighted by atomic mass is 9.53. The van der Waals surface area contributed by atoms with Crippen LogP contribution < -0.4 is 10.6 Å². The molecule has 4 amide bonds. The molecule has 0 unspecified atom stereocenters. The lowest BCUT2D eigenvalue weighted by molar-refractivity contribution is -0.158. The van der Waals surface area contributed by atoms with Gasteiger partial charge in [0.25, 0.3) is 11.8 Å². The molecule has 1 aliphatic heterocycles. The molecule has 160 valence electrons. The summed E-state index contributed by atoms with van der Waals surface area (Å²) in [4.78, 5) is 50.3. The molecule has 0 aromatic heterocycles. The van der Waals surface area contributed by atoms with Gasteiger partial charge in [-0.1, -0.05) is 6.92 Å². The van der Waals surface area contributed by atoms with Crippen molar-refractivity contribution >= 4 is 23.8 Å². The van der Waals surface area contributed by atoms with E-state index in [9.17, 15) is 19.2 Å². The van der Waals surface area contributed by atoms with Gasteiger partial charge in [-0.15, -0.1) is 0 Å². The molecule has 2 atom stereocenters. The van der Waals surface area contributed by atoms with Crippen LogP contribution in [0.25, 0.3) is 0 Å². The van der Waals surface area contributed by atoms with Gasteiger partial charge >= 0.3 is 12.0 Å². The zero-order chi connectivity index (χ0) is 21.0. The number of rotatable bonds is 6. The number of carbonyl (C=O) groups is 4. The quantitative estimate of drug-likeness (QED) is 0.517. The summed E-state index contributed by atoms with van der Waals surface area (Å²) < 4.78 is 5.26. The SMILES string of the molecule is CC[C@]1(C)NC(=O)N(CC(=O)O[C@@H](C)C(=O)NC23CC4CC(CC(C4)C2)C3)C1=O. The Morgan fingerprint density at radius 2 is 1.72 bits per heavy atom. The molecule has 0 aromatic rings. The average molecular weight is 405 g/mol. The van der Waals surface area contributed by atoms with E-state index in [0.717, 1.165) is 24.2 Å². The summed E-state index contributed by atoms with van der Waals surface area (Å²) in [5, 5.41) is 5.78. The number of amides is 4. The van der Waals surface area contributed by atoms with Crippen molar-refractivity contribution in [2.45, 2.75) is 82.9 Å². The zero-order valence-corrected chi connectivity index (χ0v) is 17.5. The van der Waals surface area contributed by atoms with Crippen molar-refractivity contribution in [1.29, 1.82) is 0 Å². The highest BCUT2D eigenvalue weighted by Gasteiger charge is 2.52. The number of nitrogens with zero attached hydrogens (tertiary/aromatic N) is 1. The fourth-order valence-corrected chi connectivity index (χ4v) is 6.17. The van der Waals surface area contributed by atoms with E-state index in [4.69, 9.17) is 4.74 Å². The minimum absolute atomic E-state index is 0.153. The fourth-order valence-electron chi connectivity index (χ4n) is 6.17. The molecule has 0 radical (unpaired) electrons. The van der Waals surface area contributed by atoms with Crippen molar-refractivity contribution in [1.82, 2.24) is 15.5 Å². The van der Waals surface area contributed by atoms with Crippen molar-refractivity contribution in [3.05, 3.63) is 0 Å². The van der Waals surface area contributed by atoms with Crippen LogP contribution in [0.15, 0.2) is 0 Å². The van der Waals surface area contributed by atoms with E-state index in [-0.39, 0.29) is 11.4 Å². The van der Waals surface area contributed by atoms with Gasteiger partial charge in [0, 0.05) is 5.54 Å². The van der Waals surface area contributed by atoms with Crippen molar-refractivity contribution in [2.24, 2.45) is 17.8 Å². The van der Waals surface area contributed by atoms with Crippen LogP contribution in [-0.4, -0.2) is 52.4 Å². The maximum Gasteiger partial charge on any atom is 0.327 e. The lowest BCUT2D eigenvalue weighted by Crippen LogP contribution is -2.61. The number of hydrogen-bond donors (Lipinski definition) is 2. The summed E-state index contributed by atoms with van der Waals surface area (Å²) in [5.41, 5.74) is -1.15. The second kappa shape index (κ2) is 6.99. The summed E-state index contributed by atoms with van der Waals surface area (Å²) in [6.45, 7) is 4.46. The van der Waals surface area contributed by atoms with Crippen LogP contribution in [-0.2, 0) is 19.1 Å². The molecule has 5 fully saturated rings. The smallest absolute Gasteiger partial charge is 0.327 e. The van der Waals surface area contributed by atoms with Crippen molar-refractivity contribution < 1.29 is 23.9 Å². The van der Waals surface area contributed by atoms with Gasteiger partial charge < -0.3 is 15.4 Å². The van der Waals surface area contributed by atoms with Gasteiger partial charge in [0.15, 0.2) is 6.10 Å². The van der Waals surface area contributed by atoms with E-state index in [1.54, 1.807) is 13.8 Å². The molecule has 4 saturated carbocycles. The Morgan fingerprint density at radius 3 is 2.21 bits per heavy atom. The van der Waals surface area contributed by atoms with Gasteiger partial charge in [-0.25, -0.2) is 4.79 Å². The molecular formula is C21H31N3O5. The first-order valence-corrected chi connectivity index (χ1v) is 10.8. The molecule has 29 heavy (non-hydrogen) atoms. The lowest BCUT2D eigenvalue weighted by Gasteiger charge is -2.57. The van der Waals surface area contributed by atoms with Crippen LogP contribution in [0.3, 0.4) is 0 Å². The second-order valence-corrected chi connectivity index (χ2v) is 9.83. The van der Waals surface area contributed by atoms with Crippen LogP contribution in [0, 0.1) is 17.8 Å². The van der Waals surface area contributed by atoms with Gasteiger partial charge in [0.1, 0.15) is 12.1 Å². The predicted octanol–water partition coefficient (Wildman–Crippen LogP) is 1.72. The monoisotopic (exact) mass is 405 g/mol. The minimum atomic E-state index is -1.00. The highest BCUT2D eigenvalue weighted by molar-refractivity contribution is 6.08. The number of hydrogen-bond acceptors (Lipinski definition) is 5. The molecule has 2 N–H and O–H groups in total. The number of imide groups is 1. The Hall–Kier alpha value is -2.12. The number of carbonyl (C=O) groups excluding carboxylic acids is 4. The molecule has 4 bridgehead atoms. The molecule has 8 nitrogen and oxygen atoms in total. The minimum Gasteiger partial charge on any atom is -0.451 e. The third kappa shape index (κ3) is 3.62. The van der Waals surface area contributed by atoms with E-state index >= 15 is 0 Å². The number of esters is 1. The third-order valence-electron chi connectivity index (χ3n) is 7.44. The average Bonchev–Trinajstić information content (AvgIpc) is 2.84. The van der Waals surface area contributed by atoms with Crippen molar-refractivity contribution in [3.8, 4) is 0 Å². The maximum absolute atomic E-state index is 12.7. The highest BCUT2D eigenvalue weighted by atomic mass is 16.5. The largest absolute Gasteiger partial charge is 0.451 e. The number of nitrogens with one attached hydrogen (secondary N) is 2. The highest BCUT2D eigenvalue weighted by Crippen LogP contribution is 2.55. The van der Waals surface area contributed by atoms with E-state index in [1.807, 2.05) is 0 Å². The molecule has 1 heterocycles. The van der Waals surface area contributed by atoms with Crippen LogP contribution in [0.4, 0.5) is 4.79 Å². The molecule has 1 saturated heterocycles. The summed E-state index contributed by atoms with van der Waals surface area (Å²) in [7, 11) is 0. The predicted molar refractivity (Wildman–Crippen MR) is 104 cm³/mol. The number of urea groups is 1. The van der Waals surface area contributed by atoms with E-state index in [0.29, 0.717) is 24.2 Å². The van der Waals surface area contributed by atoms with Gasteiger partial charge in [-0.2, -0.15) is 0 Å². The molecule has 5 aliphatic rings. The normalized spacial score (nSPS) is 38.7. The zero-order valence-electron chi connectivity index (χ0n) is 17.5. The van der Waals surface area contributed by atoms with E-state index < -0.39 is 36.1 Å². The van der Waals surface area contributed by atoms with Crippen molar-refractivity contribution in [2.75, 3.05) is 6.54 Å². The van der Waals surface area contributed by atoms with Gasteiger partial charge in [-0.3, -0.25) is 19.3 Å². The second-order valence-electron chi connectivity index (χ2n) is 9.83. The first-order valence-electron chi connectivity index (χ1n) is 10.8. The molecule has 5 rings (SSSR count). The first-order chi connectivity index (χ1) is 13.6. The van der Waals surface area contributed by atoms with Gasteiger partial charge in [0.05, 0.1) is 0 Å². The van der Waals surface area contributed by atoms with Crippen LogP contribution >= 0.6 is 0 Å². The van der Waals surface area contributed by atoms with E-state index in [1.165, 1.54) is 26.2 Å². The Balaban J connectivity index is 1.32. The first kappa shape index (κ1) is 20.2. The Bertz CT molecular complexity index is 715. The topological polar surface area (TPSA) is 105 Å². The molecule has 8 heteroatoms. The third-order valence-corrected chi connectivity index (χ3v) is 7.44. The van der Waals surface area contributed by atoms with Crippen LogP contribution in [0.2, 0.25) is 0 Å².